The summed E-state index contributed by atoms with van der Waals surface area (Å²) in [5, 5.41) is 6.40. The lowest BCUT2D eigenvalue weighted by molar-refractivity contribution is -0.130. The average molecular weight is 265 g/mol. The Hall–Kier alpha value is -1.10. The van der Waals surface area contributed by atoms with E-state index < -0.39 is 0 Å². The van der Waals surface area contributed by atoms with Crippen LogP contribution in [0.2, 0.25) is 0 Å². The lowest BCUT2D eigenvalue weighted by Gasteiger charge is -2.20. The first kappa shape index (κ1) is 12.9. The Bertz CT molecular complexity index is 366. The molecule has 0 spiro atoms. The van der Waals surface area contributed by atoms with Gasteiger partial charge < -0.3 is 15.5 Å². The van der Waals surface area contributed by atoms with Crippen molar-refractivity contribution in [3.8, 4) is 0 Å². The van der Waals surface area contributed by atoms with Crippen molar-refractivity contribution in [1.29, 1.82) is 0 Å². The molecule has 3 unspecified atom stereocenters. The van der Waals surface area contributed by atoms with Gasteiger partial charge in [0.05, 0.1) is 5.92 Å². The second-order valence-corrected chi connectivity index (χ2v) is 6.02. The van der Waals surface area contributed by atoms with E-state index in [9.17, 15) is 9.59 Å². The molecule has 3 heterocycles. The highest BCUT2D eigenvalue weighted by Gasteiger charge is 2.42. The molecule has 2 N–H and O–H groups in total. The van der Waals surface area contributed by atoms with Gasteiger partial charge in [-0.15, -0.1) is 0 Å². The zero-order valence-corrected chi connectivity index (χ0v) is 11.4. The molecule has 5 nitrogen and oxygen atoms in total. The minimum absolute atomic E-state index is 0.126. The second-order valence-electron chi connectivity index (χ2n) is 6.02. The Morgan fingerprint density at radius 1 is 1.21 bits per heavy atom. The van der Waals surface area contributed by atoms with Crippen LogP contribution in [0.5, 0.6) is 0 Å². The van der Waals surface area contributed by atoms with Gasteiger partial charge in [-0.3, -0.25) is 9.59 Å². The van der Waals surface area contributed by atoms with Crippen molar-refractivity contribution in [3.05, 3.63) is 0 Å². The molecule has 3 saturated heterocycles. The summed E-state index contributed by atoms with van der Waals surface area (Å²) < 4.78 is 0. The largest absolute Gasteiger partial charge is 0.355 e. The van der Waals surface area contributed by atoms with Crippen LogP contribution in [-0.4, -0.2) is 48.4 Å². The smallest absolute Gasteiger partial charge is 0.224 e. The number of nitrogens with one attached hydrogen (secondary N) is 2. The first-order chi connectivity index (χ1) is 9.24. The predicted octanol–water partition coefficient (Wildman–Crippen LogP) is 0.256. The fraction of sp³-hybridized carbons (Fsp3) is 0.857. The van der Waals surface area contributed by atoms with E-state index in [1.807, 2.05) is 4.90 Å². The molecule has 0 aromatic heterocycles. The predicted molar refractivity (Wildman–Crippen MR) is 71.5 cm³/mol. The summed E-state index contributed by atoms with van der Waals surface area (Å²) in [5.41, 5.74) is 0. The highest BCUT2D eigenvalue weighted by atomic mass is 16.2. The van der Waals surface area contributed by atoms with Gasteiger partial charge in [0.1, 0.15) is 0 Å². The number of likely N-dealkylation sites (tertiary alicyclic amines) is 1. The van der Waals surface area contributed by atoms with Crippen LogP contribution in [0.4, 0.5) is 0 Å². The van der Waals surface area contributed by atoms with Gasteiger partial charge >= 0.3 is 0 Å². The SMILES string of the molecule is O=C(NCCC(=O)N1CCCC1)C1CC2CCC1N2. The topological polar surface area (TPSA) is 61.4 Å². The maximum Gasteiger partial charge on any atom is 0.224 e. The molecule has 3 fully saturated rings. The van der Waals surface area contributed by atoms with Gasteiger partial charge in [-0.2, -0.15) is 0 Å². The van der Waals surface area contributed by atoms with Gasteiger partial charge in [0.2, 0.25) is 11.8 Å². The van der Waals surface area contributed by atoms with Crippen molar-refractivity contribution in [1.82, 2.24) is 15.5 Å². The second kappa shape index (κ2) is 5.49. The van der Waals surface area contributed by atoms with Crippen LogP contribution in [-0.2, 0) is 9.59 Å². The van der Waals surface area contributed by atoms with E-state index in [4.69, 9.17) is 0 Å². The third-order valence-corrected chi connectivity index (χ3v) is 4.73. The van der Waals surface area contributed by atoms with Gasteiger partial charge in [0, 0.05) is 38.1 Å². The Morgan fingerprint density at radius 3 is 2.63 bits per heavy atom. The normalized spacial score (nSPS) is 32.8. The molecule has 0 aromatic rings. The Kier molecular flexibility index (Phi) is 3.73. The summed E-state index contributed by atoms with van der Waals surface area (Å²) in [6.45, 7) is 2.27. The number of carbonyl (C=O) groups is 2. The van der Waals surface area contributed by atoms with Crippen molar-refractivity contribution in [3.63, 3.8) is 0 Å². The number of amides is 2. The minimum Gasteiger partial charge on any atom is -0.355 e. The van der Waals surface area contributed by atoms with E-state index in [0.717, 1.165) is 38.8 Å². The summed E-state index contributed by atoms with van der Waals surface area (Å²) in [6, 6.07) is 0.922. The number of hydrogen-bond acceptors (Lipinski definition) is 3. The zero-order chi connectivity index (χ0) is 13.2. The van der Waals surface area contributed by atoms with Crippen LogP contribution in [0.15, 0.2) is 0 Å². The molecule has 3 aliphatic rings. The molecule has 0 aromatic carbocycles. The highest BCUT2D eigenvalue weighted by Crippen LogP contribution is 2.33. The zero-order valence-electron chi connectivity index (χ0n) is 11.4. The fourth-order valence-corrected chi connectivity index (χ4v) is 3.66. The Balaban J connectivity index is 1.38. The van der Waals surface area contributed by atoms with Crippen LogP contribution >= 0.6 is 0 Å². The van der Waals surface area contributed by atoms with E-state index in [0.29, 0.717) is 25.0 Å². The lowest BCUT2D eigenvalue weighted by atomic mass is 9.88. The minimum atomic E-state index is 0.126. The number of carbonyl (C=O) groups excluding carboxylic acids is 2. The molecule has 3 rings (SSSR count). The molecule has 0 saturated carbocycles. The highest BCUT2D eigenvalue weighted by molar-refractivity contribution is 5.81. The molecule has 0 radical (unpaired) electrons. The standard InChI is InChI=1S/C14H23N3O2/c18-13(17-7-1-2-8-17)5-6-15-14(19)11-9-10-3-4-12(11)16-10/h10-12,16H,1-9H2,(H,15,19). The van der Waals surface area contributed by atoms with E-state index in [1.165, 1.54) is 6.42 Å². The molecule has 2 amide bonds. The molecule has 2 bridgehead atoms. The Morgan fingerprint density at radius 2 is 2.00 bits per heavy atom. The van der Waals surface area contributed by atoms with Gasteiger partial charge in [-0.1, -0.05) is 0 Å². The number of fused-ring (bicyclic) bond motifs is 2. The van der Waals surface area contributed by atoms with Crippen LogP contribution in [0.1, 0.15) is 38.5 Å². The van der Waals surface area contributed by atoms with Crippen molar-refractivity contribution in [2.75, 3.05) is 19.6 Å². The molecular formula is C14H23N3O2. The molecule has 19 heavy (non-hydrogen) atoms. The van der Waals surface area contributed by atoms with Crippen molar-refractivity contribution < 1.29 is 9.59 Å². The van der Waals surface area contributed by atoms with Crippen LogP contribution in [0, 0.1) is 5.92 Å². The monoisotopic (exact) mass is 265 g/mol. The van der Waals surface area contributed by atoms with Crippen molar-refractivity contribution in [2.45, 2.75) is 50.6 Å². The van der Waals surface area contributed by atoms with Gasteiger partial charge in [0.15, 0.2) is 0 Å². The lowest BCUT2D eigenvalue weighted by Crippen LogP contribution is -2.39. The van der Waals surface area contributed by atoms with E-state index >= 15 is 0 Å². The fourth-order valence-electron chi connectivity index (χ4n) is 3.66. The Labute approximate surface area is 114 Å². The molecule has 106 valence electrons. The maximum absolute atomic E-state index is 12.1. The number of nitrogens with zero attached hydrogens (tertiary/aromatic N) is 1. The first-order valence-electron chi connectivity index (χ1n) is 7.55. The summed E-state index contributed by atoms with van der Waals surface area (Å²) in [6.07, 6.45) is 5.98. The molecule has 0 aliphatic carbocycles. The third-order valence-electron chi connectivity index (χ3n) is 4.73. The average Bonchev–Trinajstić information content (AvgIpc) is 3.14. The van der Waals surface area contributed by atoms with Gasteiger partial charge in [-0.25, -0.2) is 0 Å². The van der Waals surface area contributed by atoms with Crippen LogP contribution in [0.25, 0.3) is 0 Å². The third kappa shape index (κ3) is 2.76. The van der Waals surface area contributed by atoms with E-state index in [-0.39, 0.29) is 17.7 Å². The van der Waals surface area contributed by atoms with Crippen molar-refractivity contribution >= 4 is 11.8 Å². The van der Waals surface area contributed by atoms with Gasteiger partial charge in [-0.05, 0) is 32.1 Å². The summed E-state index contributed by atoms with van der Waals surface area (Å²) >= 11 is 0. The molecular weight excluding hydrogens is 242 g/mol. The van der Waals surface area contributed by atoms with Crippen LogP contribution < -0.4 is 10.6 Å². The van der Waals surface area contributed by atoms with Crippen LogP contribution in [0.3, 0.4) is 0 Å². The molecule has 5 heteroatoms. The summed E-state index contributed by atoms with van der Waals surface area (Å²) in [4.78, 5) is 25.8. The number of rotatable bonds is 4. The number of hydrogen-bond donors (Lipinski definition) is 2. The van der Waals surface area contributed by atoms with E-state index in [1.54, 1.807) is 0 Å². The summed E-state index contributed by atoms with van der Waals surface area (Å²) in [5.74, 6) is 0.443. The molecule has 3 aliphatic heterocycles. The first-order valence-corrected chi connectivity index (χ1v) is 7.55. The molecule has 3 atom stereocenters. The van der Waals surface area contributed by atoms with Gasteiger partial charge in [0.25, 0.3) is 0 Å². The maximum atomic E-state index is 12.1. The quantitative estimate of drug-likeness (QED) is 0.766. The summed E-state index contributed by atoms with van der Waals surface area (Å²) in [7, 11) is 0. The van der Waals surface area contributed by atoms with E-state index in [2.05, 4.69) is 10.6 Å². The van der Waals surface area contributed by atoms with Crippen molar-refractivity contribution in [2.24, 2.45) is 5.92 Å².